The van der Waals surface area contributed by atoms with Crippen LogP contribution >= 0.6 is 0 Å². The molecule has 8 nitrogen and oxygen atoms in total. The number of aliphatic hydroxyl groups is 2. The number of aliphatic carboxylic acids is 1. The van der Waals surface area contributed by atoms with E-state index in [0.717, 1.165) is 24.5 Å². The Labute approximate surface area is 151 Å². The summed E-state index contributed by atoms with van der Waals surface area (Å²) in [6.45, 7) is 3.46. The molecule has 3 atom stereocenters. The number of carboxylic acid groups (broad SMARTS) is 1. The van der Waals surface area contributed by atoms with Crippen LogP contribution in [0.3, 0.4) is 0 Å². The summed E-state index contributed by atoms with van der Waals surface area (Å²) in [5, 5.41) is 28.9. The smallest absolute Gasteiger partial charge is 0.371 e. The van der Waals surface area contributed by atoms with Crippen LogP contribution in [-0.4, -0.2) is 59.8 Å². The first kappa shape index (κ1) is 19.6. The van der Waals surface area contributed by atoms with Crippen molar-refractivity contribution in [1.29, 1.82) is 0 Å². The molecular formula is C18H22N2O6. The molecule has 8 heteroatoms. The molecule has 0 spiro atoms. The largest absolute Gasteiger partial charge is 0.475 e. The van der Waals surface area contributed by atoms with Crippen molar-refractivity contribution in [2.24, 2.45) is 9.98 Å². The molecule has 1 aliphatic carbocycles. The number of aliphatic hydroxyl groups excluding tert-OH is 2. The number of carboxylic acids is 1. The molecule has 140 valence electrons. The predicted octanol–water partition coefficient (Wildman–Crippen LogP) is 1.33. The van der Waals surface area contributed by atoms with Gasteiger partial charge in [0.15, 0.2) is 6.10 Å². The fourth-order valence-corrected chi connectivity index (χ4v) is 2.54. The number of rotatable bonds is 7. The van der Waals surface area contributed by atoms with Crippen molar-refractivity contribution in [3.8, 4) is 0 Å². The standard InChI is InChI=1S/C18H22N2O6/c1-19-10-12(8-11-6-4-3-5-7-11)16(20-2)26-18-15(22)13(21)9-14(25-18)17(23)24/h4,6-7,9-10,13,15,18,21-22H,2-3,5,8H2,1H3,(H,23,24)/b16-12+,19-10?. The average molecular weight is 362 g/mol. The number of allylic oxidation sites excluding steroid dienone is 5. The lowest BCUT2D eigenvalue weighted by Crippen LogP contribution is -2.44. The van der Waals surface area contributed by atoms with E-state index in [1.54, 1.807) is 13.3 Å². The third kappa shape index (κ3) is 4.90. The molecule has 26 heavy (non-hydrogen) atoms. The Morgan fingerprint density at radius 3 is 2.81 bits per heavy atom. The maximum atomic E-state index is 11.1. The van der Waals surface area contributed by atoms with Gasteiger partial charge >= 0.3 is 5.97 Å². The molecule has 0 saturated heterocycles. The second-order valence-corrected chi connectivity index (χ2v) is 5.73. The third-order valence-electron chi connectivity index (χ3n) is 3.80. The Morgan fingerprint density at radius 2 is 2.23 bits per heavy atom. The van der Waals surface area contributed by atoms with Gasteiger partial charge in [0.25, 0.3) is 6.29 Å². The first-order chi connectivity index (χ1) is 12.5. The Kier molecular flexibility index (Phi) is 6.88. The molecular weight excluding hydrogens is 340 g/mol. The fourth-order valence-electron chi connectivity index (χ4n) is 2.54. The van der Waals surface area contributed by atoms with E-state index in [-0.39, 0.29) is 5.88 Å². The van der Waals surface area contributed by atoms with Crippen LogP contribution in [0.4, 0.5) is 0 Å². The summed E-state index contributed by atoms with van der Waals surface area (Å²) in [6, 6.07) is 0. The van der Waals surface area contributed by atoms with E-state index in [1.807, 2.05) is 6.08 Å². The summed E-state index contributed by atoms with van der Waals surface area (Å²) < 4.78 is 10.6. The summed E-state index contributed by atoms with van der Waals surface area (Å²) >= 11 is 0. The molecule has 0 aromatic carbocycles. The molecule has 0 saturated carbocycles. The van der Waals surface area contributed by atoms with E-state index in [0.29, 0.717) is 12.0 Å². The highest BCUT2D eigenvalue weighted by atomic mass is 16.7. The average Bonchev–Trinajstić information content (AvgIpc) is 2.63. The third-order valence-corrected chi connectivity index (χ3v) is 3.80. The van der Waals surface area contributed by atoms with Gasteiger partial charge in [-0.05, 0) is 31.2 Å². The lowest BCUT2D eigenvalue weighted by atomic mass is 10.0. The monoisotopic (exact) mass is 362 g/mol. The van der Waals surface area contributed by atoms with Crippen molar-refractivity contribution in [3.63, 3.8) is 0 Å². The van der Waals surface area contributed by atoms with Gasteiger partial charge < -0.3 is 24.8 Å². The topological polar surface area (TPSA) is 121 Å². The van der Waals surface area contributed by atoms with Crippen LogP contribution in [0.2, 0.25) is 0 Å². The number of hydrogen-bond acceptors (Lipinski definition) is 7. The number of nitrogens with zero attached hydrogens (tertiary/aromatic N) is 2. The van der Waals surface area contributed by atoms with Crippen LogP contribution in [0, 0.1) is 0 Å². The van der Waals surface area contributed by atoms with Gasteiger partial charge in [-0.3, -0.25) is 4.99 Å². The fraction of sp³-hybridized carbons (Fsp3) is 0.389. The molecule has 3 N–H and O–H groups in total. The van der Waals surface area contributed by atoms with Gasteiger partial charge in [0.2, 0.25) is 11.6 Å². The molecule has 2 aliphatic rings. The van der Waals surface area contributed by atoms with Gasteiger partial charge in [-0.25, -0.2) is 9.79 Å². The highest BCUT2D eigenvalue weighted by Gasteiger charge is 2.37. The van der Waals surface area contributed by atoms with Gasteiger partial charge in [-0.1, -0.05) is 18.2 Å². The molecule has 0 bridgehead atoms. The molecule has 0 fully saturated rings. The summed E-state index contributed by atoms with van der Waals surface area (Å²) in [7, 11) is 1.59. The zero-order valence-electron chi connectivity index (χ0n) is 14.4. The maximum absolute atomic E-state index is 11.1. The maximum Gasteiger partial charge on any atom is 0.371 e. The van der Waals surface area contributed by atoms with Crippen molar-refractivity contribution < 1.29 is 29.6 Å². The molecule has 3 unspecified atom stereocenters. The zero-order valence-corrected chi connectivity index (χ0v) is 14.4. The van der Waals surface area contributed by atoms with Gasteiger partial charge in [0.05, 0.1) is 0 Å². The summed E-state index contributed by atoms with van der Waals surface area (Å²) in [5.74, 6) is -1.85. The van der Waals surface area contributed by atoms with E-state index in [1.165, 1.54) is 0 Å². The molecule has 0 aromatic rings. The lowest BCUT2D eigenvalue weighted by Gasteiger charge is -2.30. The van der Waals surface area contributed by atoms with Crippen LogP contribution in [0.1, 0.15) is 19.3 Å². The molecule has 2 rings (SSSR count). The molecule has 1 heterocycles. The van der Waals surface area contributed by atoms with E-state index in [9.17, 15) is 15.0 Å². The SMILES string of the molecule is C=N/C(OC1OC(C(=O)O)=CC(O)C1O)=C(\C=NC)CC1=CCCC=C1. The van der Waals surface area contributed by atoms with Crippen LogP contribution in [-0.2, 0) is 14.3 Å². The number of ether oxygens (including phenoxy) is 2. The first-order valence-corrected chi connectivity index (χ1v) is 8.08. The van der Waals surface area contributed by atoms with Crippen molar-refractivity contribution in [1.82, 2.24) is 0 Å². The number of hydrogen-bond donors (Lipinski definition) is 3. The first-order valence-electron chi connectivity index (χ1n) is 8.08. The van der Waals surface area contributed by atoms with E-state index < -0.39 is 30.2 Å². The van der Waals surface area contributed by atoms with E-state index in [2.05, 4.69) is 28.9 Å². The van der Waals surface area contributed by atoms with Gasteiger partial charge in [0.1, 0.15) is 6.10 Å². The molecule has 1 aliphatic heterocycles. The normalized spacial score (nSPS) is 26.5. The van der Waals surface area contributed by atoms with Crippen LogP contribution in [0.25, 0.3) is 0 Å². The Morgan fingerprint density at radius 1 is 1.46 bits per heavy atom. The number of carbonyl (C=O) groups is 1. The highest BCUT2D eigenvalue weighted by molar-refractivity contribution is 5.84. The second-order valence-electron chi connectivity index (χ2n) is 5.73. The van der Waals surface area contributed by atoms with Crippen LogP contribution < -0.4 is 0 Å². The minimum absolute atomic E-state index is 0.0402. The van der Waals surface area contributed by atoms with Gasteiger partial charge in [-0.2, -0.15) is 0 Å². The summed E-state index contributed by atoms with van der Waals surface area (Å²) in [5.41, 5.74) is 1.63. The predicted molar refractivity (Wildman–Crippen MR) is 95.8 cm³/mol. The van der Waals surface area contributed by atoms with Crippen molar-refractivity contribution in [2.75, 3.05) is 7.05 Å². The molecule has 0 aromatic heterocycles. The Balaban J connectivity index is 2.26. The summed E-state index contributed by atoms with van der Waals surface area (Å²) in [4.78, 5) is 18.9. The minimum atomic E-state index is -1.48. The quantitative estimate of drug-likeness (QED) is 0.464. The van der Waals surface area contributed by atoms with E-state index in [4.69, 9.17) is 14.6 Å². The zero-order chi connectivity index (χ0) is 19.1. The van der Waals surface area contributed by atoms with Crippen molar-refractivity contribution in [2.45, 2.75) is 37.8 Å². The van der Waals surface area contributed by atoms with E-state index >= 15 is 0 Å². The number of aliphatic imine (C=N–C) groups is 2. The van der Waals surface area contributed by atoms with Crippen molar-refractivity contribution in [3.05, 3.63) is 47.1 Å². The van der Waals surface area contributed by atoms with Crippen molar-refractivity contribution >= 4 is 18.9 Å². The van der Waals surface area contributed by atoms with Crippen LogP contribution in [0.5, 0.6) is 0 Å². The molecule has 0 amide bonds. The van der Waals surface area contributed by atoms with Gasteiger partial charge in [-0.15, -0.1) is 0 Å². The highest BCUT2D eigenvalue weighted by Crippen LogP contribution is 2.25. The molecule has 0 radical (unpaired) electrons. The Bertz CT molecular complexity index is 704. The Hall–Kier alpha value is -2.71. The lowest BCUT2D eigenvalue weighted by molar-refractivity contribution is -0.192. The van der Waals surface area contributed by atoms with Gasteiger partial charge in [0, 0.05) is 25.3 Å². The van der Waals surface area contributed by atoms with Crippen LogP contribution in [0.15, 0.2) is 57.1 Å². The second kappa shape index (κ2) is 9.12. The summed E-state index contributed by atoms with van der Waals surface area (Å²) in [6.07, 6.45) is 6.61. The minimum Gasteiger partial charge on any atom is -0.475 e.